The average molecular weight is 328 g/mol. The van der Waals surface area contributed by atoms with Gasteiger partial charge in [0.15, 0.2) is 11.9 Å². The van der Waals surface area contributed by atoms with Crippen molar-refractivity contribution in [1.82, 2.24) is 14.6 Å². The van der Waals surface area contributed by atoms with Gasteiger partial charge in [0.25, 0.3) is 11.8 Å². The lowest BCUT2D eigenvalue weighted by molar-refractivity contribution is 0.592. The molecule has 3 aromatic rings. The van der Waals surface area contributed by atoms with Crippen LogP contribution in [0.1, 0.15) is 0 Å². The Hall–Kier alpha value is -3.58. The highest BCUT2D eigenvalue weighted by atomic mass is 15.7. The number of benzene rings is 2. The quantitative estimate of drug-likeness (QED) is 0.709. The van der Waals surface area contributed by atoms with Crippen molar-refractivity contribution in [1.29, 1.82) is 0 Å². The minimum absolute atomic E-state index is 0.180. The third-order valence-electron chi connectivity index (χ3n) is 4.21. The first-order valence-electron chi connectivity index (χ1n) is 7.88. The molecule has 1 atom stereocenters. The maximum Gasteiger partial charge on any atom is 0.287 e. The van der Waals surface area contributed by atoms with E-state index in [0.717, 1.165) is 28.2 Å². The van der Waals surface area contributed by atoms with Crippen LogP contribution in [0.5, 0.6) is 0 Å². The number of aliphatic imine (C=N–C) groups is 2. The summed E-state index contributed by atoms with van der Waals surface area (Å²) in [6, 6.07) is 15.9. The van der Waals surface area contributed by atoms with Crippen LogP contribution in [0.25, 0.3) is 11.0 Å². The molecule has 0 radical (unpaired) electrons. The molecular weight excluding hydrogens is 314 g/mol. The van der Waals surface area contributed by atoms with Crippen molar-refractivity contribution in [3.05, 3.63) is 67.3 Å². The number of H-pyrrole nitrogens is 1. The van der Waals surface area contributed by atoms with Crippen molar-refractivity contribution in [2.45, 2.75) is 0 Å². The van der Waals surface area contributed by atoms with Gasteiger partial charge in [-0.15, -0.1) is 0 Å². The molecule has 0 saturated carbocycles. The molecule has 1 unspecified atom stereocenters. The van der Waals surface area contributed by atoms with Crippen LogP contribution in [0.15, 0.2) is 82.3 Å². The van der Waals surface area contributed by atoms with Crippen LogP contribution in [0.2, 0.25) is 0 Å². The minimum Gasteiger partial charge on any atom is -0.345 e. The largest absolute Gasteiger partial charge is 0.345 e. The molecule has 5 rings (SSSR count). The predicted molar refractivity (Wildman–Crippen MR) is 100 cm³/mol. The zero-order valence-electron chi connectivity index (χ0n) is 13.2. The van der Waals surface area contributed by atoms with E-state index in [1.54, 1.807) is 18.7 Å². The number of hydrogen-bond acceptors (Lipinski definition) is 5. The molecule has 2 N–H and O–H groups in total. The summed E-state index contributed by atoms with van der Waals surface area (Å²) in [6.45, 7) is 0. The van der Waals surface area contributed by atoms with E-state index in [4.69, 9.17) is 5.10 Å². The Morgan fingerprint density at radius 1 is 1.04 bits per heavy atom. The van der Waals surface area contributed by atoms with Crippen LogP contribution in [-0.4, -0.2) is 28.0 Å². The number of aromatic nitrogens is 2. The molecule has 25 heavy (non-hydrogen) atoms. The van der Waals surface area contributed by atoms with Crippen molar-refractivity contribution in [2.75, 3.05) is 5.32 Å². The third kappa shape index (κ3) is 2.18. The van der Waals surface area contributed by atoms with E-state index in [-0.39, 0.29) is 4.59 Å². The number of rotatable bonds is 2. The number of nitrogens with zero attached hydrogens (tertiary/aromatic N) is 5. The summed E-state index contributed by atoms with van der Waals surface area (Å²) >= 11 is 0. The van der Waals surface area contributed by atoms with Crippen molar-refractivity contribution in [2.24, 2.45) is 15.1 Å². The summed E-state index contributed by atoms with van der Waals surface area (Å²) in [6.07, 6.45) is 7.08. The summed E-state index contributed by atoms with van der Waals surface area (Å²) in [5, 5.41) is 8.09. The zero-order chi connectivity index (χ0) is 16.7. The Balaban J connectivity index is 1.55. The van der Waals surface area contributed by atoms with Crippen molar-refractivity contribution in [3.8, 4) is 0 Å². The number of imidazole rings is 1. The Labute approximate surface area is 143 Å². The molecule has 0 bridgehead atoms. The first kappa shape index (κ1) is 13.8. The van der Waals surface area contributed by atoms with E-state index in [1.807, 2.05) is 54.7 Å². The normalized spacial score (nSPS) is 21.1. The van der Waals surface area contributed by atoms with Gasteiger partial charge in [-0.1, -0.05) is 22.8 Å². The van der Waals surface area contributed by atoms with Gasteiger partial charge in [0.1, 0.15) is 6.21 Å². The van der Waals surface area contributed by atoms with Gasteiger partial charge in [-0.05, 0) is 23.3 Å². The fourth-order valence-corrected chi connectivity index (χ4v) is 3.01. The summed E-state index contributed by atoms with van der Waals surface area (Å²) in [4.78, 5) is 16.2. The first-order chi connectivity index (χ1) is 12.3. The van der Waals surface area contributed by atoms with Gasteiger partial charge in [0.05, 0.1) is 23.6 Å². The van der Waals surface area contributed by atoms with E-state index in [1.165, 1.54) is 0 Å². The SMILES string of the molecule is C1=C[N+]2(c3ccccc3)N=C(Nc3ccc4nc[nH]c4c3)N=C2C=N1. The molecule has 2 aromatic carbocycles. The second-order valence-electron chi connectivity index (χ2n) is 5.75. The number of nitrogens with one attached hydrogen (secondary N) is 2. The Kier molecular flexibility index (Phi) is 2.88. The summed E-state index contributed by atoms with van der Waals surface area (Å²) in [7, 11) is 0. The fraction of sp³-hybridized carbons (Fsp3) is 0. The van der Waals surface area contributed by atoms with E-state index < -0.39 is 0 Å². The highest BCUT2D eigenvalue weighted by Gasteiger charge is 2.42. The molecule has 0 aliphatic carbocycles. The molecule has 2 aliphatic heterocycles. The lowest BCUT2D eigenvalue weighted by Crippen LogP contribution is -2.44. The van der Waals surface area contributed by atoms with Gasteiger partial charge in [-0.2, -0.15) is 4.99 Å². The van der Waals surface area contributed by atoms with Gasteiger partial charge >= 0.3 is 0 Å². The van der Waals surface area contributed by atoms with Crippen molar-refractivity contribution in [3.63, 3.8) is 0 Å². The lowest BCUT2D eigenvalue weighted by atomic mass is 10.2. The summed E-state index contributed by atoms with van der Waals surface area (Å²) in [5.41, 5.74) is 3.78. The van der Waals surface area contributed by atoms with Gasteiger partial charge in [0, 0.05) is 17.8 Å². The third-order valence-corrected chi connectivity index (χ3v) is 4.21. The van der Waals surface area contributed by atoms with Gasteiger partial charge in [-0.3, -0.25) is 4.99 Å². The molecule has 0 fully saturated rings. The number of quaternary nitrogens is 1. The van der Waals surface area contributed by atoms with E-state index in [9.17, 15) is 0 Å². The monoisotopic (exact) mass is 328 g/mol. The molecule has 120 valence electrons. The number of hydrogen-bond donors (Lipinski definition) is 2. The number of fused-ring (bicyclic) bond motifs is 2. The van der Waals surface area contributed by atoms with Gasteiger partial charge < -0.3 is 10.3 Å². The van der Waals surface area contributed by atoms with Gasteiger partial charge in [-0.25, -0.2) is 4.98 Å². The summed E-state index contributed by atoms with van der Waals surface area (Å²) in [5.74, 6) is 1.29. The number of aromatic amines is 1. The van der Waals surface area contributed by atoms with Crippen LogP contribution in [0.4, 0.5) is 11.4 Å². The molecule has 0 saturated heterocycles. The Bertz CT molecular complexity index is 1080. The van der Waals surface area contributed by atoms with Crippen LogP contribution in [0.3, 0.4) is 0 Å². The topological polar surface area (TPSA) is 77.8 Å². The van der Waals surface area contributed by atoms with E-state index in [2.05, 4.69) is 25.3 Å². The Morgan fingerprint density at radius 2 is 1.96 bits per heavy atom. The molecule has 7 nitrogen and oxygen atoms in total. The maximum absolute atomic E-state index is 4.81. The van der Waals surface area contributed by atoms with Gasteiger partial charge in [0.2, 0.25) is 0 Å². The number of para-hydroxylation sites is 1. The predicted octanol–water partition coefficient (Wildman–Crippen LogP) is 3.22. The second kappa shape index (κ2) is 5.22. The smallest absolute Gasteiger partial charge is 0.287 e. The van der Waals surface area contributed by atoms with Crippen LogP contribution in [-0.2, 0) is 0 Å². The fourth-order valence-electron chi connectivity index (χ4n) is 3.01. The van der Waals surface area contributed by atoms with Crippen LogP contribution in [0, 0.1) is 0 Å². The zero-order valence-corrected chi connectivity index (χ0v) is 13.2. The summed E-state index contributed by atoms with van der Waals surface area (Å²) < 4.78 is 0.180. The molecule has 0 amide bonds. The van der Waals surface area contributed by atoms with Crippen molar-refractivity contribution < 1.29 is 0 Å². The van der Waals surface area contributed by atoms with Crippen molar-refractivity contribution >= 4 is 40.4 Å². The van der Waals surface area contributed by atoms with Crippen LogP contribution >= 0.6 is 0 Å². The molecule has 1 aromatic heterocycles. The Morgan fingerprint density at radius 3 is 2.88 bits per heavy atom. The second-order valence-corrected chi connectivity index (χ2v) is 5.75. The maximum atomic E-state index is 4.81. The average Bonchev–Trinajstić information content (AvgIpc) is 3.26. The first-order valence-corrected chi connectivity index (χ1v) is 7.88. The minimum atomic E-state index is 0.180. The molecule has 2 aliphatic rings. The van der Waals surface area contributed by atoms with Crippen LogP contribution < -0.4 is 9.91 Å². The van der Waals surface area contributed by atoms with E-state index in [0.29, 0.717) is 5.96 Å². The standard InChI is InChI=1S/C18H14N7/c1-2-4-14(5-3-1)25-9-8-19-11-17(25)23-18(24-25)22-13-6-7-15-16(10-13)21-12-20-15/h1-12H,(H,20,21)(H,22,24)/q+1. The molecular formula is C18H14N7+. The molecule has 7 heteroatoms. The number of guanidine groups is 1. The highest BCUT2D eigenvalue weighted by molar-refractivity contribution is 6.38. The molecule has 0 spiro atoms. The number of amidine groups is 1. The molecule has 3 heterocycles. The lowest BCUT2D eigenvalue weighted by Gasteiger charge is -2.23. The number of anilines is 1. The highest BCUT2D eigenvalue weighted by Crippen LogP contribution is 2.30. The van der Waals surface area contributed by atoms with E-state index >= 15 is 0 Å².